The van der Waals surface area contributed by atoms with Gasteiger partial charge in [0.05, 0.1) is 11.3 Å². The number of amides is 1. The molecule has 1 atom stereocenters. The summed E-state index contributed by atoms with van der Waals surface area (Å²) < 4.78 is 6.10. The summed E-state index contributed by atoms with van der Waals surface area (Å²) in [4.78, 5) is 27.0. The maximum atomic E-state index is 12.3. The number of ether oxygens (including phenoxy) is 1. The van der Waals surface area contributed by atoms with Gasteiger partial charge in [0, 0.05) is 24.1 Å². The number of halogens is 1. The van der Waals surface area contributed by atoms with Crippen LogP contribution in [0.2, 0.25) is 0 Å². The number of carbonyl (C=O) groups is 2. The normalized spacial score (nSPS) is 17.8. The van der Waals surface area contributed by atoms with Gasteiger partial charge in [-0.15, -0.1) is 0 Å². The van der Waals surface area contributed by atoms with Crippen LogP contribution < -0.4 is 4.90 Å². The third-order valence-corrected chi connectivity index (χ3v) is 4.21. The Morgan fingerprint density at radius 1 is 1.36 bits per heavy atom. The van der Waals surface area contributed by atoms with Gasteiger partial charge in [-0.25, -0.2) is 9.59 Å². The fourth-order valence-electron chi connectivity index (χ4n) is 2.61. The maximum absolute atomic E-state index is 12.3. The fourth-order valence-corrected chi connectivity index (χ4v) is 2.96. The standard InChI is InChI=1S/C17H20BrN3O4/c1-17(2,3)25-16(24)21-7-6-20(10-14(21)15(22)23)13-8-12(18)5-4-11(13)9-19/h4-5,8,14H,6-7,10H2,1-3H3,(H,22,23). The molecule has 134 valence electrons. The lowest BCUT2D eigenvalue weighted by atomic mass is 10.1. The lowest BCUT2D eigenvalue weighted by Gasteiger charge is -2.40. The molecule has 1 aliphatic heterocycles. The van der Waals surface area contributed by atoms with Gasteiger partial charge in [-0.3, -0.25) is 4.90 Å². The van der Waals surface area contributed by atoms with E-state index in [1.807, 2.05) is 4.90 Å². The van der Waals surface area contributed by atoms with Crippen LogP contribution in [0.3, 0.4) is 0 Å². The average Bonchev–Trinajstić information content (AvgIpc) is 2.52. The minimum absolute atomic E-state index is 0.0830. The van der Waals surface area contributed by atoms with Crippen molar-refractivity contribution in [1.29, 1.82) is 5.26 Å². The summed E-state index contributed by atoms with van der Waals surface area (Å²) in [6.07, 6.45) is -0.644. The number of aliphatic carboxylic acids is 1. The summed E-state index contributed by atoms with van der Waals surface area (Å²) in [7, 11) is 0. The molecule has 0 radical (unpaired) electrons. The first-order chi connectivity index (χ1) is 11.6. The molecule has 1 aromatic carbocycles. The molecule has 8 heteroatoms. The minimum Gasteiger partial charge on any atom is -0.480 e. The first-order valence-electron chi connectivity index (χ1n) is 7.79. The van der Waals surface area contributed by atoms with Crippen LogP contribution in [0.1, 0.15) is 26.3 Å². The van der Waals surface area contributed by atoms with Crippen LogP contribution in [-0.4, -0.2) is 53.3 Å². The number of benzene rings is 1. The highest BCUT2D eigenvalue weighted by Gasteiger charge is 2.38. The Balaban J connectivity index is 2.25. The van der Waals surface area contributed by atoms with Gasteiger partial charge in [-0.1, -0.05) is 15.9 Å². The number of piperazine rings is 1. The number of hydrogen-bond acceptors (Lipinski definition) is 5. The third-order valence-electron chi connectivity index (χ3n) is 3.71. The second kappa shape index (κ2) is 7.31. The number of nitriles is 1. The largest absolute Gasteiger partial charge is 0.480 e. The number of rotatable bonds is 2. The van der Waals surface area contributed by atoms with Gasteiger partial charge in [0.1, 0.15) is 17.7 Å². The number of carboxylic acids is 1. The Labute approximate surface area is 154 Å². The van der Waals surface area contributed by atoms with E-state index in [2.05, 4.69) is 22.0 Å². The predicted molar refractivity (Wildman–Crippen MR) is 95.4 cm³/mol. The van der Waals surface area contributed by atoms with Crippen molar-refractivity contribution < 1.29 is 19.4 Å². The van der Waals surface area contributed by atoms with Crippen molar-refractivity contribution in [2.45, 2.75) is 32.4 Å². The maximum Gasteiger partial charge on any atom is 0.411 e. The Morgan fingerprint density at radius 2 is 2.04 bits per heavy atom. The number of carboxylic acid groups (broad SMARTS) is 1. The molecule has 25 heavy (non-hydrogen) atoms. The van der Waals surface area contributed by atoms with Gasteiger partial charge < -0.3 is 14.7 Å². The van der Waals surface area contributed by atoms with Gasteiger partial charge in [0.15, 0.2) is 0 Å². The smallest absolute Gasteiger partial charge is 0.411 e. The molecule has 0 bridgehead atoms. The van der Waals surface area contributed by atoms with Crippen LogP contribution in [0.5, 0.6) is 0 Å². The van der Waals surface area contributed by atoms with E-state index in [-0.39, 0.29) is 13.1 Å². The molecule has 1 aromatic rings. The van der Waals surface area contributed by atoms with Gasteiger partial charge in [0.2, 0.25) is 0 Å². The van der Waals surface area contributed by atoms with E-state index >= 15 is 0 Å². The first kappa shape index (κ1) is 19.1. The van der Waals surface area contributed by atoms with E-state index in [0.717, 1.165) is 4.47 Å². The Hall–Kier alpha value is -2.27. The molecule has 1 amide bonds. The average molecular weight is 410 g/mol. The molecular weight excluding hydrogens is 390 g/mol. The topological polar surface area (TPSA) is 93.9 Å². The molecule has 0 aromatic heterocycles. The molecule has 1 fully saturated rings. The summed E-state index contributed by atoms with van der Waals surface area (Å²) in [5.74, 6) is -1.11. The van der Waals surface area contributed by atoms with E-state index in [4.69, 9.17) is 4.74 Å². The van der Waals surface area contributed by atoms with Crippen molar-refractivity contribution in [3.05, 3.63) is 28.2 Å². The van der Waals surface area contributed by atoms with E-state index in [0.29, 0.717) is 17.8 Å². The highest BCUT2D eigenvalue weighted by atomic mass is 79.9. The van der Waals surface area contributed by atoms with Crippen molar-refractivity contribution >= 4 is 33.7 Å². The van der Waals surface area contributed by atoms with Crippen LogP contribution in [0, 0.1) is 11.3 Å². The van der Waals surface area contributed by atoms with E-state index in [1.54, 1.807) is 39.0 Å². The number of anilines is 1. The predicted octanol–water partition coefficient (Wildman–Crippen LogP) is 2.83. The van der Waals surface area contributed by atoms with Crippen LogP contribution in [0.25, 0.3) is 0 Å². The number of carbonyl (C=O) groups excluding carboxylic acids is 1. The van der Waals surface area contributed by atoms with Gasteiger partial charge in [0.25, 0.3) is 0 Å². The van der Waals surface area contributed by atoms with Crippen LogP contribution in [-0.2, 0) is 9.53 Å². The Bertz CT molecular complexity index is 724. The van der Waals surface area contributed by atoms with Crippen LogP contribution in [0.4, 0.5) is 10.5 Å². The van der Waals surface area contributed by atoms with Crippen molar-refractivity contribution in [1.82, 2.24) is 4.90 Å². The number of hydrogen-bond donors (Lipinski definition) is 1. The molecular formula is C17H20BrN3O4. The summed E-state index contributed by atoms with van der Waals surface area (Å²) in [6, 6.07) is 6.28. The molecule has 1 heterocycles. The van der Waals surface area contributed by atoms with Crippen molar-refractivity contribution in [3.8, 4) is 6.07 Å². The van der Waals surface area contributed by atoms with E-state index in [9.17, 15) is 20.0 Å². The Morgan fingerprint density at radius 3 is 2.60 bits per heavy atom. The second-order valence-electron chi connectivity index (χ2n) is 6.75. The molecule has 7 nitrogen and oxygen atoms in total. The van der Waals surface area contributed by atoms with Gasteiger partial charge in [-0.2, -0.15) is 5.26 Å². The fraction of sp³-hybridized carbons (Fsp3) is 0.471. The highest BCUT2D eigenvalue weighted by Crippen LogP contribution is 2.27. The third kappa shape index (κ3) is 4.63. The van der Waals surface area contributed by atoms with Crippen LogP contribution in [0.15, 0.2) is 22.7 Å². The zero-order valence-electron chi connectivity index (χ0n) is 14.3. The zero-order chi connectivity index (χ0) is 18.8. The summed E-state index contributed by atoms with van der Waals surface area (Å²) >= 11 is 3.37. The quantitative estimate of drug-likeness (QED) is 0.806. The molecule has 1 unspecified atom stereocenters. The molecule has 1 saturated heterocycles. The lowest BCUT2D eigenvalue weighted by molar-refractivity contribution is -0.143. The van der Waals surface area contributed by atoms with E-state index < -0.39 is 23.7 Å². The highest BCUT2D eigenvalue weighted by molar-refractivity contribution is 9.10. The minimum atomic E-state index is -1.11. The summed E-state index contributed by atoms with van der Waals surface area (Å²) in [6.45, 7) is 5.89. The van der Waals surface area contributed by atoms with Crippen LogP contribution >= 0.6 is 15.9 Å². The monoisotopic (exact) mass is 409 g/mol. The molecule has 0 saturated carbocycles. The molecule has 0 spiro atoms. The zero-order valence-corrected chi connectivity index (χ0v) is 15.9. The summed E-state index contributed by atoms with van der Waals surface area (Å²) in [5.41, 5.74) is 0.403. The lowest BCUT2D eigenvalue weighted by Crippen LogP contribution is -2.59. The van der Waals surface area contributed by atoms with Crippen molar-refractivity contribution in [3.63, 3.8) is 0 Å². The SMILES string of the molecule is CC(C)(C)OC(=O)N1CCN(c2cc(Br)ccc2C#N)CC1C(=O)O. The molecule has 1 aliphatic rings. The van der Waals surface area contributed by atoms with E-state index in [1.165, 1.54) is 4.90 Å². The van der Waals surface area contributed by atoms with Gasteiger partial charge in [-0.05, 0) is 39.0 Å². The second-order valence-corrected chi connectivity index (χ2v) is 7.66. The molecule has 2 rings (SSSR count). The summed E-state index contributed by atoms with van der Waals surface area (Å²) in [5, 5.41) is 18.8. The molecule has 1 N–H and O–H groups in total. The Kier molecular flexibility index (Phi) is 5.58. The van der Waals surface area contributed by atoms with Crippen molar-refractivity contribution in [2.75, 3.05) is 24.5 Å². The molecule has 0 aliphatic carbocycles. The van der Waals surface area contributed by atoms with Crippen molar-refractivity contribution in [2.24, 2.45) is 0 Å². The first-order valence-corrected chi connectivity index (χ1v) is 8.58. The van der Waals surface area contributed by atoms with Gasteiger partial charge >= 0.3 is 12.1 Å². The number of nitrogens with zero attached hydrogens (tertiary/aromatic N) is 3.